The Bertz CT molecular complexity index is 932. The number of hydrogen-bond donors (Lipinski definition) is 1. The number of hydrogen-bond acceptors (Lipinski definition) is 4. The maximum atomic E-state index is 13.2. The molecule has 2 heterocycles. The quantitative estimate of drug-likeness (QED) is 0.755. The second kappa shape index (κ2) is 7.44. The van der Waals surface area contributed by atoms with E-state index in [-0.39, 0.29) is 24.1 Å². The Labute approximate surface area is 155 Å². The first-order chi connectivity index (χ1) is 13.1. The molecule has 0 radical (unpaired) electrons. The Balaban J connectivity index is 1.31. The highest BCUT2D eigenvalue weighted by Crippen LogP contribution is 2.29. The predicted octanol–water partition coefficient (Wildman–Crippen LogP) is 3.92. The molecule has 1 fully saturated rings. The summed E-state index contributed by atoms with van der Waals surface area (Å²) in [6.45, 7) is 1.70. The molecule has 140 valence electrons. The molecule has 3 aromatic rings. The number of nitrogens with one attached hydrogen (secondary N) is 1. The number of anilines is 1. The topological polar surface area (TPSA) is 58.4 Å². The van der Waals surface area contributed by atoms with Gasteiger partial charge in [0.15, 0.2) is 23.1 Å². The molecule has 1 saturated heterocycles. The maximum absolute atomic E-state index is 13.2. The second-order valence-corrected chi connectivity index (χ2v) is 6.75. The zero-order chi connectivity index (χ0) is 18.8. The highest BCUT2D eigenvalue weighted by Gasteiger charge is 2.25. The van der Waals surface area contributed by atoms with Crippen LogP contribution in [-0.4, -0.2) is 35.4 Å². The van der Waals surface area contributed by atoms with E-state index in [9.17, 15) is 13.6 Å². The molecule has 27 heavy (non-hydrogen) atoms. The lowest BCUT2D eigenvalue weighted by molar-refractivity contribution is -0.117. The SMILES string of the molecule is O=C(CN1CCC(c2nc3ccccc3o2)CC1)Nc1ccc(F)c(F)c1. The zero-order valence-corrected chi connectivity index (χ0v) is 14.6. The molecule has 4 rings (SSSR count). The summed E-state index contributed by atoms with van der Waals surface area (Å²) in [5.41, 5.74) is 1.90. The molecule has 0 bridgehead atoms. The molecular formula is C20H19F2N3O2. The van der Waals surface area contributed by atoms with E-state index in [1.165, 1.54) is 6.07 Å². The Hall–Kier alpha value is -2.80. The highest BCUT2D eigenvalue weighted by molar-refractivity contribution is 5.92. The van der Waals surface area contributed by atoms with Gasteiger partial charge in [-0.3, -0.25) is 9.69 Å². The molecule has 1 N–H and O–H groups in total. The number of oxazole rings is 1. The number of rotatable bonds is 4. The van der Waals surface area contributed by atoms with Crippen molar-refractivity contribution in [2.75, 3.05) is 25.0 Å². The van der Waals surface area contributed by atoms with E-state index in [1.807, 2.05) is 29.2 Å². The average Bonchev–Trinajstić information content (AvgIpc) is 3.09. The molecule has 0 aliphatic carbocycles. The van der Waals surface area contributed by atoms with E-state index in [0.29, 0.717) is 0 Å². The molecular weight excluding hydrogens is 352 g/mol. The van der Waals surface area contributed by atoms with Crippen molar-refractivity contribution in [2.45, 2.75) is 18.8 Å². The lowest BCUT2D eigenvalue weighted by Gasteiger charge is -2.29. The lowest BCUT2D eigenvalue weighted by atomic mass is 9.97. The van der Waals surface area contributed by atoms with Crippen molar-refractivity contribution in [3.8, 4) is 0 Å². The molecule has 1 aliphatic rings. The van der Waals surface area contributed by atoms with Gasteiger partial charge in [0.2, 0.25) is 5.91 Å². The van der Waals surface area contributed by atoms with Gasteiger partial charge in [0, 0.05) is 17.7 Å². The van der Waals surface area contributed by atoms with Gasteiger partial charge in [-0.05, 0) is 50.2 Å². The van der Waals surface area contributed by atoms with E-state index in [0.717, 1.165) is 55.1 Å². The van der Waals surface area contributed by atoms with Gasteiger partial charge in [0.05, 0.1) is 6.54 Å². The van der Waals surface area contributed by atoms with Gasteiger partial charge >= 0.3 is 0 Å². The van der Waals surface area contributed by atoms with Crippen molar-refractivity contribution in [2.24, 2.45) is 0 Å². The van der Waals surface area contributed by atoms with Gasteiger partial charge in [0.25, 0.3) is 0 Å². The van der Waals surface area contributed by atoms with E-state index < -0.39 is 11.6 Å². The minimum atomic E-state index is -0.980. The first kappa shape index (κ1) is 17.6. The summed E-state index contributed by atoms with van der Waals surface area (Å²) < 4.78 is 32.0. The minimum absolute atomic E-state index is 0.208. The average molecular weight is 371 g/mol. The Morgan fingerprint density at radius 2 is 1.93 bits per heavy atom. The smallest absolute Gasteiger partial charge is 0.238 e. The van der Waals surface area contributed by atoms with Crippen LogP contribution >= 0.6 is 0 Å². The van der Waals surface area contributed by atoms with Gasteiger partial charge in [-0.15, -0.1) is 0 Å². The van der Waals surface area contributed by atoms with Crippen LogP contribution < -0.4 is 5.32 Å². The number of nitrogens with zero attached hydrogens (tertiary/aromatic N) is 2. The van der Waals surface area contributed by atoms with Crippen molar-refractivity contribution >= 4 is 22.7 Å². The lowest BCUT2D eigenvalue weighted by Crippen LogP contribution is -2.38. The van der Waals surface area contributed by atoms with Crippen LogP contribution in [0.3, 0.4) is 0 Å². The standard InChI is InChI=1S/C20H19F2N3O2/c21-15-6-5-14(11-16(15)22)23-19(26)12-25-9-7-13(8-10-25)20-24-17-3-1-2-4-18(17)27-20/h1-6,11,13H,7-10,12H2,(H,23,26). The molecule has 1 aromatic heterocycles. The van der Waals surface area contributed by atoms with E-state index in [1.54, 1.807) is 0 Å². The minimum Gasteiger partial charge on any atom is -0.440 e. The first-order valence-electron chi connectivity index (χ1n) is 8.91. The van der Waals surface area contributed by atoms with Crippen LogP contribution in [0.5, 0.6) is 0 Å². The van der Waals surface area contributed by atoms with E-state index in [4.69, 9.17) is 4.42 Å². The van der Waals surface area contributed by atoms with Crippen LogP contribution in [0.2, 0.25) is 0 Å². The molecule has 0 unspecified atom stereocenters. The molecule has 1 aliphatic heterocycles. The third-order valence-corrected chi connectivity index (χ3v) is 4.82. The molecule has 0 atom stereocenters. The number of likely N-dealkylation sites (tertiary alicyclic amines) is 1. The fraction of sp³-hybridized carbons (Fsp3) is 0.300. The van der Waals surface area contributed by atoms with Gasteiger partial charge in [0.1, 0.15) is 5.52 Å². The van der Waals surface area contributed by atoms with Crippen molar-refractivity contribution in [1.82, 2.24) is 9.88 Å². The van der Waals surface area contributed by atoms with Crippen LogP contribution in [0.4, 0.5) is 14.5 Å². The van der Waals surface area contributed by atoms with Gasteiger partial charge < -0.3 is 9.73 Å². The zero-order valence-electron chi connectivity index (χ0n) is 14.6. The van der Waals surface area contributed by atoms with Crippen LogP contribution in [0, 0.1) is 11.6 Å². The van der Waals surface area contributed by atoms with Gasteiger partial charge in [-0.25, -0.2) is 13.8 Å². The van der Waals surface area contributed by atoms with Gasteiger partial charge in [-0.1, -0.05) is 12.1 Å². The molecule has 0 saturated carbocycles. The van der Waals surface area contributed by atoms with Crippen LogP contribution in [0.15, 0.2) is 46.9 Å². The number of benzene rings is 2. The second-order valence-electron chi connectivity index (χ2n) is 6.75. The summed E-state index contributed by atoms with van der Waals surface area (Å²) >= 11 is 0. The summed E-state index contributed by atoms with van der Waals surface area (Å²) in [6.07, 6.45) is 1.70. The highest BCUT2D eigenvalue weighted by atomic mass is 19.2. The van der Waals surface area contributed by atoms with Crippen molar-refractivity contribution in [1.29, 1.82) is 0 Å². The number of fused-ring (bicyclic) bond motifs is 1. The summed E-state index contributed by atoms with van der Waals surface area (Å²) in [6, 6.07) is 11.0. The van der Waals surface area contributed by atoms with E-state index >= 15 is 0 Å². The number of piperidine rings is 1. The van der Waals surface area contributed by atoms with E-state index in [2.05, 4.69) is 10.3 Å². The third kappa shape index (κ3) is 3.98. The number of carbonyl (C=O) groups excluding carboxylic acids is 1. The monoisotopic (exact) mass is 371 g/mol. The summed E-state index contributed by atoms with van der Waals surface area (Å²) in [5.74, 6) is -1.17. The predicted molar refractivity (Wildman–Crippen MR) is 97.4 cm³/mol. The largest absolute Gasteiger partial charge is 0.440 e. The Morgan fingerprint density at radius 1 is 1.15 bits per heavy atom. The Morgan fingerprint density at radius 3 is 2.67 bits per heavy atom. The molecule has 1 amide bonds. The van der Waals surface area contributed by atoms with Gasteiger partial charge in [-0.2, -0.15) is 0 Å². The van der Waals surface area contributed by atoms with Crippen molar-refractivity contribution in [3.63, 3.8) is 0 Å². The molecule has 0 spiro atoms. The fourth-order valence-electron chi connectivity index (χ4n) is 3.38. The Kier molecular flexibility index (Phi) is 4.85. The number of halogens is 2. The number of para-hydroxylation sites is 2. The van der Waals surface area contributed by atoms with Crippen LogP contribution in [0.1, 0.15) is 24.7 Å². The first-order valence-corrected chi connectivity index (χ1v) is 8.91. The normalized spacial score (nSPS) is 15.9. The number of carbonyl (C=O) groups is 1. The number of amides is 1. The van der Waals surface area contributed by atoms with Crippen molar-refractivity contribution < 1.29 is 18.0 Å². The van der Waals surface area contributed by atoms with Crippen LogP contribution in [-0.2, 0) is 4.79 Å². The number of aromatic nitrogens is 1. The molecule has 5 nitrogen and oxygen atoms in total. The summed E-state index contributed by atoms with van der Waals surface area (Å²) in [4.78, 5) is 18.7. The van der Waals surface area contributed by atoms with Crippen LogP contribution in [0.25, 0.3) is 11.1 Å². The van der Waals surface area contributed by atoms with Crippen molar-refractivity contribution in [3.05, 3.63) is 60.0 Å². The summed E-state index contributed by atoms with van der Waals surface area (Å²) in [7, 11) is 0. The molecule has 7 heteroatoms. The molecule has 2 aromatic carbocycles. The maximum Gasteiger partial charge on any atom is 0.238 e. The fourth-order valence-corrected chi connectivity index (χ4v) is 3.38. The summed E-state index contributed by atoms with van der Waals surface area (Å²) in [5, 5.41) is 2.60. The third-order valence-electron chi connectivity index (χ3n) is 4.82.